The summed E-state index contributed by atoms with van der Waals surface area (Å²) >= 11 is 0. The van der Waals surface area contributed by atoms with Gasteiger partial charge in [-0.3, -0.25) is 9.78 Å². The number of methoxy groups -OCH3 is 1. The summed E-state index contributed by atoms with van der Waals surface area (Å²) in [5.74, 6) is -0.0331. The summed E-state index contributed by atoms with van der Waals surface area (Å²) in [6.45, 7) is 4.42. The van der Waals surface area contributed by atoms with Gasteiger partial charge in [-0.05, 0) is 25.0 Å². The zero-order chi connectivity index (χ0) is 14.4. The Morgan fingerprint density at radius 2 is 2.50 bits per heavy atom. The van der Waals surface area contributed by atoms with Crippen molar-refractivity contribution in [1.82, 2.24) is 9.88 Å². The van der Waals surface area contributed by atoms with Crippen LogP contribution >= 0.6 is 0 Å². The molecule has 2 rings (SSSR count). The number of amides is 1. The van der Waals surface area contributed by atoms with Crippen molar-refractivity contribution in [3.8, 4) is 0 Å². The van der Waals surface area contributed by atoms with Gasteiger partial charge < -0.3 is 14.4 Å². The van der Waals surface area contributed by atoms with Crippen LogP contribution in [0.25, 0.3) is 0 Å². The molecule has 5 heteroatoms. The van der Waals surface area contributed by atoms with E-state index in [0.717, 1.165) is 12.0 Å². The lowest BCUT2D eigenvalue weighted by Crippen LogP contribution is -2.50. The van der Waals surface area contributed by atoms with Crippen molar-refractivity contribution in [1.29, 1.82) is 0 Å². The van der Waals surface area contributed by atoms with Crippen LogP contribution in [-0.2, 0) is 14.3 Å². The average Bonchev–Trinajstić information content (AvgIpc) is 2.52. The maximum absolute atomic E-state index is 12.7. The molecule has 1 aromatic rings. The molecule has 1 saturated heterocycles. The molecule has 2 heterocycles. The summed E-state index contributed by atoms with van der Waals surface area (Å²) in [5.41, 5.74) is 0.953. The van der Waals surface area contributed by atoms with E-state index in [1.54, 1.807) is 19.5 Å². The quantitative estimate of drug-likeness (QED) is 0.818. The molecule has 1 amide bonds. The predicted octanol–water partition coefficient (Wildman–Crippen LogP) is 1.45. The number of morpholine rings is 1. The van der Waals surface area contributed by atoms with Crippen LogP contribution in [-0.4, -0.2) is 55.3 Å². The average molecular weight is 278 g/mol. The topological polar surface area (TPSA) is 51.7 Å². The van der Waals surface area contributed by atoms with Gasteiger partial charge in [-0.15, -0.1) is 0 Å². The van der Waals surface area contributed by atoms with Gasteiger partial charge >= 0.3 is 0 Å². The molecule has 0 saturated carbocycles. The van der Waals surface area contributed by atoms with E-state index in [1.807, 2.05) is 24.0 Å². The summed E-state index contributed by atoms with van der Waals surface area (Å²) < 4.78 is 10.6. The number of carbonyl (C=O) groups excluding carboxylic acids is 1. The molecular weight excluding hydrogens is 256 g/mol. The van der Waals surface area contributed by atoms with E-state index in [0.29, 0.717) is 26.4 Å². The SMILES string of the molecule is COCCC1COCCN1C(=O)C(C)c1cccnc1. The number of carbonyl (C=O) groups is 1. The third-order valence-corrected chi connectivity index (χ3v) is 3.72. The molecule has 110 valence electrons. The highest BCUT2D eigenvalue weighted by Gasteiger charge is 2.30. The van der Waals surface area contributed by atoms with Gasteiger partial charge in [-0.1, -0.05) is 6.07 Å². The van der Waals surface area contributed by atoms with E-state index < -0.39 is 0 Å². The van der Waals surface area contributed by atoms with Gasteiger partial charge in [0.15, 0.2) is 0 Å². The van der Waals surface area contributed by atoms with Crippen LogP contribution in [0.2, 0.25) is 0 Å². The van der Waals surface area contributed by atoms with Gasteiger partial charge in [-0.2, -0.15) is 0 Å². The molecule has 1 fully saturated rings. The van der Waals surface area contributed by atoms with Crippen molar-refractivity contribution in [3.63, 3.8) is 0 Å². The number of hydrogen-bond acceptors (Lipinski definition) is 4. The first kappa shape index (κ1) is 14.9. The van der Waals surface area contributed by atoms with Gasteiger partial charge in [-0.25, -0.2) is 0 Å². The van der Waals surface area contributed by atoms with Crippen LogP contribution in [0, 0.1) is 0 Å². The number of nitrogens with zero attached hydrogens (tertiary/aromatic N) is 2. The van der Waals surface area contributed by atoms with Gasteiger partial charge in [0.05, 0.1) is 25.2 Å². The predicted molar refractivity (Wildman–Crippen MR) is 75.5 cm³/mol. The first-order valence-corrected chi connectivity index (χ1v) is 7.01. The molecule has 20 heavy (non-hydrogen) atoms. The Morgan fingerprint density at radius 1 is 1.65 bits per heavy atom. The van der Waals surface area contributed by atoms with Crippen molar-refractivity contribution in [2.24, 2.45) is 0 Å². The highest BCUT2D eigenvalue weighted by molar-refractivity contribution is 5.83. The normalized spacial score (nSPS) is 20.7. The second kappa shape index (κ2) is 7.36. The first-order chi connectivity index (χ1) is 9.74. The molecular formula is C15H22N2O3. The lowest BCUT2D eigenvalue weighted by Gasteiger charge is -2.37. The van der Waals surface area contributed by atoms with Crippen molar-refractivity contribution in [3.05, 3.63) is 30.1 Å². The third kappa shape index (κ3) is 3.55. The zero-order valence-electron chi connectivity index (χ0n) is 12.1. The standard InChI is InChI=1S/C15H22N2O3/c1-12(13-4-3-6-16-10-13)15(18)17-7-9-20-11-14(17)5-8-19-2/h3-4,6,10,12,14H,5,7-9,11H2,1-2H3. The maximum atomic E-state index is 12.7. The molecule has 0 bridgehead atoms. The minimum Gasteiger partial charge on any atom is -0.385 e. The molecule has 0 spiro atoms. The minimum atomic E-state index is -0.174. The van der Waals surface area contributed by atoms with Crippen molar-refractivity contribution in [2.45, 2.75) is 25.3 Å². The summed E-state index contributed by atoms with van der Waals surface area (Å²) in [5, 5.41) is 0. The molecule has 0 radical (unpaired) electrons. The molecule has 1 aromatic heterocycles. The summed E-state index contributed by atoms with van der Waals surface area (Å²) in [6, 6.07) is 3.91. The fourth-order valence-electron chi connectivity index (χ4n) is 2.46. The second-order valence-electron chi connectivity index (χ2n) is 5.05. The number of hydrogen-bond donors (Lipinski definition) is 0. The number of aromatic nitrogens is 1. The van der Waals surface area contributed by atoms with Gasteiger partial charge in [0, 0.05) is 32.7 Å². The van der Waals surface area contributed by atoms with E-state index in [1.165, 1.54) is 0 Å². The van der Waals surface area contributed by atoms with Crippen molar-refractivity contribution >= 4 is 5.91 Å². The summed E-state index contributed by atoms with van der Waals surface area (Å²) in [6.07, 6.45) is 4.28. The second-order valence-corrected chi connectivity index (χ2v) is 5.05. The van der Waals surface area contributed by atoms with Crippen LogP contribution in [0.5, 0.6) is 0 Å². The monoisotopic (exact) mass is 278 g/mol. The van der Waals surface area contributed by atoms with Gasteiger partial charge in [0.2, 0.25) is 5.91 Å². The zero-order valence-corrected chi connectivity index (χ0v) is 12.1. The van der Waals surface area contributed by atoms with Crippen LogP contribution in [0.4, 0.5) is 0 Å². The van der Waals surface area contributed by atoms with Crippen LogP contribution < -0.4 is 0 Å². The lowest BCUT2D eigenvalue weighted by atomic mass is 10.00. The number of pyridine rings is 1. The lowest BCUT2D eigenvalue weighted by molar-refractivity contribution is -0.141. The Morgan fingerprint density at radius 3 is 3.20 bits per heavy atom. The Hall–Kier alpha value is -1.46. The molecule has 2 unspecified atom stereocenters. The Labute approximate surface area is 119 Å². The first-order valence-electron chi connectivity index (χ1n) is 7.01. The van der Waals surface area contributed by atoms with E-state index in [9.17, 15) is 4.79 Å². The fourth-order valence-corrected chi connectivity index (χ4v) is 2.46. The molecule has 1 aliphatic rings. The summed E-state index contributed by atoms with van der Waals surface area (Å²) in [7, 11) is 1.67. The largest absolute Gasteiger partial charge is 0.385 e. The molecule has 0 aromatic carbocycles. The van der Waals surface area contributed by atoms with Gasteiger partial charge in [0.1, 0.15) is 0 Å². The van der Waals surface area contributed by atoms with Crippen molar-refractivity contribution < 1.29 is 14.3 Å². The highest BCUT2D eigenvalue weighted by atomic mass is 16.5. The Kier molecular flexibility index (Phi) is 5.49. The molecule has 1 aliphatic heterocycles. The molecule has 2 atom stereocenters. The third-order valence-electron chi connectivity index (χ3n) is 3.72. The molecule has 5 nitrogen and oxygen atoms in total. The van der Waals surface area contributed by atoms with E-state index in [4.69, 9.17) is 9.47 Å². The molecule has 0 N–H and O–H groups in total. The maximum Gasteiger partial charge on any atom is 0.230 e. The van der Waals surface area contributed by atoms with E-state index in [-0.39, 0.29) is 17.9 Å². The Balaban J connectivity index is 2.05. The van der Waals surface area contributed by atoms with E-state index >= 15 is 0 Å². The summed E-state index contributed by atoms with van der Waals surface area (Å²) in [4.78, 5) is 18.7. The number of rotatable bonds is 5. The van der Waals surface area contributed by atoms with Crippen LogP contribution in [0.3, 0.4) is 0 Å². The van der Waals surface area contributed by atoms with Crippen LogP contribution in [0.15, 0.2) is 24.5 Å². The molecule has 0 aliphatic carbocycles. The van der Waals surface area contributed by atoms with Crippen LogP contribution in [0.1, 0.15) is 24.8 Å². The van der Waals surface area contributed by atoms with Crippen molar-refractivity contribution in [2.75, 3.05) is 33.5 Å². The minimum absolute atomic E-state index is 0.107. The highest BCUT2D eigenvalue weighted by Crippen LogP contribution is 2.21. The van der Waals surface area contributed by atoms with E-state index in [2.05, 4.69) is 4.98 Å². The number of ether oxygens (including phenoxy) is 2. The van der Waals surface area contributed by atoms with Gasteiger partial charge in [0.25, 0.3) is 0 Å². The smallest absolute Gasteiger partial charge is 0.230 e. The Bertz CT molecular complexity index is 424. The fraction of sp³-hybridized carbons (Fsp3) is 0.600.